The van der Waals surface area contributed by atoms with E-state index in [0.717, 1.165) is 33.8 Å². The second-order valence-electron chi connectivity index (χ2n) is 4.09. The highest BCUT2D eigenvalue weighted by Gasteiger charge is 2.01. The van der Waals surface area contributed by atoms with E-state index in [-0.39, 0.29) is 0 Å². The van der Waals surface area contributed by atoms with Crippen LogP contribution in [0.5, 0.6) is 0 Å². The molecule has 0 fully saturated rings. The molecule has 0 atom stereocenters. The highest BCUT2D eigenvalue weighted by atomic mass is 35.5. The van der Waals surface area contributed by atoms with E-state index in [1.807, 2.05) is 24.3 Å². The Labute approximate surface area is 128 Å². The van der Waals surface area contributed by atoms with Gasteiger partial charge in [-0.1, -0.05) is 53.5 Å². The summed E-state index contributed by atoms with van der Waals surface area (Å²) >= 11 is 13.8. The van der Waals surface area contributed by atoms with Gasteiger partial charge in [0.25, 0.3) is 0 Å². The lowest BCUT2D eigenvalue weighted by atomic mass is 10.2. The van der Waals surface area contributed by atoms with Gasteiger partial charge < -0.3 is 5.32 Å². The summed E-state index contributed by atoms with van der Waals surface area (Å²) < 4.78 is 0. The Kier molecular flexibility index (Phi) is 6.05. The number of hydrogen-bond acceptors (Lipinski definition) is 2. The van der Waals surface area contributed by atoms with Gasteiger partial charge in [0.05, 0.1) is 5.02 Å². The fraction of sp³-hybridized carbons (Fsp3) is 0.200. The third-order valence-electron chi connectivity index (χ3n) is 2.60. The van der Waals surface area contributed by atoms with Crippen LogP contribution in [0.3, 0.4) is 0 Å². The first-order valence-corrected chi connectivity index (χ1v) is 7.82. The monoisotopic (exact) mass is 311 g/mol. The Balaban J connectivity index is 1.71. The molecule has 0 aliphatic carbocycles. The quantitative estimate of drug-likeness (QED) is 0.603. The van der Waals surface area contributed by atoms with E-state index in [9.17, 15) is 0 Å². The topological polar surface area (TPSA) is 12.0 Å². The average Bonchev–Trinajstić information content (AvgIpc) is 2.43. The minimum Gasteiger partial charge on any atom is -0.312 e. The van der Waals surface area contributed by atoms with Gasteiger partial charge in [-0.25, -0.2) is 0 Å². The summed E-state index contributed by atoms with van der Waals surface area (Å²) in [5.41, 5.74) is 1.30. The molecule has 19 heavy (non-hydrogen) atoms. The SMILES string of the molecule is Clc1ccc(Cl)c(SCCNCc2ccccc2)c1. The van der Waals surface area contributed by atoms with E-state index in [2.05, 4.69) is 29.6 Å². The maximum absolute atomic E-state index is 6.11. The summed E-state index contributed by atoms with van der Waals surface area (Å²) in [6, 6.07) is 15.9. The van der Waals surface area contributed by atoms with Crippen molar-refractivity contribution in [1.82, 2.24) is 5.32 Å². The minimum absolute atomic E-state index is 0.726. The Hall–Kier alpha value is -0.670. The van der Waals surface area contributed by atoms with Crippen LogP contribution in [0, 0.1) is 0 Å². The molecule has 2 rings (SSSR count). The molecule has 2 aromatic rings. The first-order valence-electron chi connectivity index (χ1n) is 6.08. The molecule has 0 heterocycles. The molecular weight excluding hydrogens is 297 g/mol. The molecule has 1 nitrogen and oxygen atoms in total. The maximum Gasteiger partial charge on any atom is 0.0542 e. The van der Waals surface area contributed by atoms with Gasteiger partial charge in [-0.15, -0.1) is 11.8 Å². The van der Waals surface area contributed by atoms with Gasteiger partial charge in [0.2, 0.25) is 0 Å². The van der Waals surface area contributed by atoms with Gasteiger partial charge >= 0.3 is 0 Å². The number of rotatable bonds is 6. The highest BCUT2D eigenvalue weighted by Crippen LogP contribution is 2.29. The van der Waals surface area contributed by atoms with E-state index >= 15 is 0 Å². The van der Waals surface area contributed by atoms with Crippen molar-refractivity contribution in [2.45, 2.75) is 11.4 Å². The van der Waals surface area contributed by atoms with Gasteiger partial charge in [-0.05, 0) is 23.8 Å². The predicted molar refractivity (Wildman–Crippen MR) is 85.3 cm³/mol. The van der Waals surface area contributed by atoms with Crippen LogP contribution in [0.15, 0.2) is 53.4 Å². The third-order valence-corrected chi connectivity index (χ3v) is 4.34. The van der Waals surface area contributed by atoms with E-state index in [4.69, 9.17) is 23.2 Å². The van der Waals surface area contributed by atoms with Crippen LogP contribution in [-0.2, 0) is 6.54 Å². The summed E-state index contributed by atoms with van der Waals surface area (Å²) in [6.07, 6.45) is 0. The van der Waals surface area contributed by atoms with Gasteiger partial charge in [0.1, 0.15) is 0 Å². The van der Waals surface area contributed by atoms with Crippen LogP contribution in [0.1, 0.15) is 5.56 Å². The van der Waals surface area contributed by atoms with Crippen LogP contribution < -0.4 is 5.32 Å². The van der Waals surface area contributed by atoms with Gasteiger partial charge in [0, 0.05) is 28.8 Å². The largest absolute Gasteiger partial charge is 0.312 e. The van der Waals surface area contributed by atoms with Crippen LogP contribution in [-0.4, -0.2) is 12.3 Å². The van der Waals surface area contributed by atoms with Crippen LogP contribution in [0.2, 0.25) is 10.0 Å². The van der Waals surface area contributed by atoms with Crippen molar-refractivity contribution in [2.24, 2.45) is 0 Å². The zero-order valence-corrected chi connectivity index (χ0v) is 12.7. The second kappa shape index (κ2) is 7.81. The number of halogens is 2. The molecule has 4 heteroatoms. The second-order valence-corrected chi connectivity index (χ2v) is 6.07. The van der Waals surface area contributed by atoms with Crippen molar-refractivity contribution in [3.8, 4) is 0 Å². The van der Waals surface area contributed by atoms with Crippen LogP contribution >= 0.6 is 35.0 Å². The lowest BCUT2D eigenvalue weighted by molar-refractivity contribution is 0.732. The average molecular weight is 312 g/mol. The summed E-state index contributed by atoms with van der Waals surface area (Å²) in [5, 5.41) is 4.90. The van der Waals surface area contributed by atoms with Crippen LogP contribution in [0.25, 0.3) is 0 Å². The van der Waals surface area contributed by atoms with E-state index < -0.39 is 0 Å². The highest BCUT2D eigenvalue weighted by molar-refractivity contribution is 7.99. The molecule has 1 N–H and O–H groups in total. The minimum atomic E-state index is 0.726. The summed E-state index contributed by atoms with van der Waals surface area (Å²) in [7, 11) is 0. The standard InChI is InChI=1S/C15H15Cl2NS/c16-13-6-7-14(17)15(10-13)19-9-8-18-11-12-4-2-1-3-5-12/h1-7,10,18H,8-9,11H2. The number of hydrogen-bond donors (Lipinski definition) is 1. The van der Waals surface area contributed by atoms with Crippen molar-refractivity contribution >= 4 is 35.0 Å². The molecular formula is C15H15Cl2NS. The molecule has 0 aliphatic rings. The molecule has 0 saturated carbocycles. The number of benzene rings is 2. The lowest BCUT2D eigenvalue weighted by Crippen LogP contribution is -2.16. The fourth-order valence-corrected chi connectivity index (χ4v) is 3.05. The van der Waals surface area contributed by atoms with Crippen molar-refractivity contribution < 1.29 is 0 Å². The zero-order valence-electron chi connectivity index (χ0n) is 10.4. The molecule has 100 valence electrons. The summed E-state index contributed by atoms with van der Waals surface area (Å²) in [4.78, 5) is 1.04. The first kappa shape index (κ1) is 14.7. The molecule has 2 aromatic carbocycles. The van der Waals surface area contributed by atoms with E-state index in [0.29, 0.717) is 0 Å². The van der Waals surface area contributed by atoms with Crippen molar-refractivity contribution in [2.75, 3.05) is 12.3 Å². The van der Waals surface area contributed by atoms with Crippen molar-refractivity contribution in [1.29, 1.82) is 0 Å². The Morgan fingerprint density at radius 3 is 2.58 bits per heavy atom. The molecule has 0 saturated heterocycles. The van der Waals surface area contributed by atoms with Gasteiger partial charge in [0.15, 0.2) is 0 Å². The predicted octanol–water partition coefficient (Wildman–Crippen LogP) is 4.88. The first-order chi connectivity index (χ1) is 9.25. The van der Waals surface area contributed by atoms with Crippen LogP contribution in [0.4, 0.5) is 0 Å². The Bertz CT molecular complexity index is 517. The molecule has 0 unspecified atom stereocenters. The zero-order chi connectivity index (χ0) is 13.5. The normalized spacial score (nSPS) is 10.6. The van der Waals surface area contributed by atoms with Crippen molar-refractivity contribution in [3.63, 3.8) is 0 Å². The molecule has 0 aromatic heterocycles. The molecule has 0 amide bonds. The smallest absolute Gasteiger partial charge is 0.0542 e. The molecule has 0 aliphatic heterocycles. The van der Waals surface area contributed by atoms with E-state index in [1.165, 1.54) is 5.56 Å². The third kappa shape index (κ3) is 5.07. The molecule has 0 spiro atoms. The molecule has 0 radical (unpaired) electrons. The maximum atomic E-state index is 6.11. The Morgan fingerprint density at radius 2 is 1.79 bits per heavy atom. The summed E-state index contributed by atoms with van der Waals surface area (Å²) in [5.74, 6) is 0.965. The number of thioether (sulfide) groups is 1. The summed E-state index contributed by atoms with van der Waals surface area (Å²) in [6.45, 7) is 1.83. The van der Waals surface area contributed by atoms with Crippen molar-refractivity contribution in [3.05, 3.63) is 64.1 Å². The fourth-order valence-electron chi connectivity index (χ4n) is 1.65. The number of nitrogens with one attached hydrogen (secondary N) is 1. The van der Waals surface area contributed by atoms with Gasteiger partial charge in [-0.3, -0.25) is 0 Å². The van der Waals surface area contributed by atoms with Gasteiger partial charge in [-0.2, -0.15) is 0 Å². The molecule has 0 bridgehead atoms. The lowest BCUT2D eigenvalue weighted by Gasteiger charge is -2.06. The van der Waals surface area contributed by atoms with E-state index in [1.54, 1.807) is 11.8 Å². The Morgan fingerprint density at radius 1 is 1.00 bits per heavy atom.